The Kier molecular flexibility index (Phi) is 7.42. The lowest BCUT2D eigenvalue weighted by molar-refractivity contribution is 0.284. The van der Waals surface area contributed by atoms with Crippen LogP contribution in [0.15, 0.2) is 106 Å². The van der Waals surface area contributed by atoms with Gasteiger partial charge in [0.05, 0.1) is 12.5 Å². The number of hydrogen-bond donors (Lipinski definition) is 0. The summed E-state index contributed by atoms with van der Waals surface area (Å²) in [7, 11) is 1.56. The van der Waals surface area contributed by atoms with E-state index in [4.69, 9.17) is 22.5 Å². The topological polar surface area (TPSA) is 67.1 Å². The van der Waals surface area contributed by atoms with Crippen molar-refractivity contribution >= 4 is 27.2 Å². The molecule has 6 nitrogen and oxygen atoms in total. The molecule has 0 aliphatic heterocycles. The number of rotatable bonds is 9. The minimum atomic E-state index is -0.314. The Morgan fingerprint density at radius 1 is 0.757 bits per heavy atom. The standard InChI is InChI=1S/C30H23BrO6/c1-33-27-16-22(12-15-25(27)35-19-21-10-6-3-7-11-21)29-30(37-31)28(32)24-14-13-23(17-26(24)36-29)34-18-20-8-4-2-5-9-20/h2-17H,18-19H2,1H3. The first-order valence-electron chi connectivity index (χ1n) is 11.6. The van der Waals surface area contributed by atoms with Crippen LogP contribution in [-0.4, -0.2) is 7.11 Å². The molecule has 0 aliphatic carbocycles. The van der Waals surface area contributed by atoms with Gasteiger partial charge < -0.3 is 22.5 Å². The third-order valence-corrected chi connectivity index (χ3v) is 6.13. The number of hydrogen-bond acceptors (Lipinski definition) is 6. The largest absolute Gasteiger partial charge is 0.493 e. The fraction of sp³-hybridized carbons (Fsp3) is 0.100. The van der Waals surface area contributed by atoms with E-state index in [1.54, 1.807) is 43.5 Å². The molecule has 0 bridgehead atoms. The van der Waals surface area contributed by atoms with E-state index < -0.39 is 0 Å². The minimum absolute atomic E-state index is 0.0328. The first-order valence-corrected chi connectivity index (χ1v) is 12.2. The van der Waals surface area contributed by atoms with E-state index in [0.29, 0.717) is 47.0 Å². The van der Waals surface area contributed by atoms with Crippen molar-refractivity contribution in [1.29, 1.82) is 0 Å². The summed E-state index contributed by atoms with van der Waals surface area (Å²) in [5.41, 5.74) is 2.73. The van der Waals surface area contributed by atoms with Crippen LogP contribution in [0.4, 0.5) is 0 Å². The Morgan fingerprint density at radius 2 is 1.43 bits per heavy atom. The van der Waals surface area contributed by atoms with E-state index >= 15 is 0 Å². The highest BCUT2D eigenvalue weighted by Crippen LogP contribution is 2.38. The maximum absolute atomic E-state index is 13.2. The van der Waals surface area contributed by atoms with Gasteiger partial charge in [-0.25, -0.2) is 0 Å². The van der Waals surface area contributed by atoms with Gasteiger partial charge in [-0.3, -0.25) is 4.79 Å². The molecule has 5 aromatic rings. The number of fused-ring (bicyclic) bond motifs is 1. The molecule has 0 saturated heterocycles. The molecule has 0 aliphatic rings. The van der Waals surface area contributed by atoms with Gasteiger partial charge in [0, 0.05) is 11.6 Å². The molecule has 0 spiro atoms. The van der Waals surface area contributed by atoms with E-state index in [2.05, 4.69) is 16.3 Å². The molecule has 0 N–H and O–H groups in total. The monoisotopic (exact) mass is 558 g/mol. The zero-order chi connectivity index (χ0) is 25.6. The van der Waals surface area contributed by atoms with Crippen molar-refractivity contribution < 1.29 is 22.5 Å². The smallest absolute Gasteiger partial charge is 0.236 e. The van der Waals surface area contributed by atoms with Gasteiger partial charge in [0.25, 0.3) is 0 Å². The van der Waals surface area contributed by atoms with Gasteiger partial charge in [-0.05, 0) is 41.5 Å². The summed E-state index contributed by atoms with van der Waals surface area (Å²) in [6.45, 7) is 0.788. The Hall–Kier alpha value is -4.23. The third-order valence-electron chi connectivity index (χ3n) is 5.81. The number of ether oxygens (including phenoxy) is 3. The van der Waals surface area contributed by atoms with Crippen LogP contribution in [0.3, 0.4) is 0 Å². The zero-order valence-electron chi connectivity index (χ0n) is 20.0. The van der Waals surface area contributed by atoms with E-state index in [-0.39, 0.29) is 16.9 Å². The maximum Gasteiger partial charge on any atom is 0.236 e. The van der Waals surface area contributed by atoms with Crippen molar-refractivity contribution in [2.75, 3.05) is 7.11 Å². The number of benzene rings is 4. The highest BCUT2D eigenvalue weighted by molar-refractivity contribution is 9.06. The minimum Gasteiger partial charge on any atom is -0.493 e. The maximum atomic E-state index is 13.2. The Morgan fingerprint density at radius 3 is 2.08 bits per heavy atom. The van der Waals surface area contributed by atoms with Crippen LogP contribution in [0, 0.1) is 0 Å². The van der Waals surface area contributed by atoms with Gasteiger partial charge in [-0.1, -0.05) is 60.7 Å². The Bertz CT molecular complexity index is 1560. The van der Waals surface area contributed by atoms with Crippen LogP contribution in [0.25, 0.3) is 22.3 Å². The summed E-state index contributed by atoms with van der Waals surface area (Å²) < 4.78 is 28.9. The van der Waals surface area contributed by atoms with Crippen LogP contribution in [0.2, 0.25) is 0 Å². The fourth-order valence-electron chi connectivity index (χ4n) is 3.91. The molecule has 37 heavy (non-hydrogen) atoms. The van der Waals surface area contributed by atoms with Crippen LogP contribution in [-0.2, 0) is 13.2 Å². The summed E-state index contributed by atoms with van der Waals surface area (Å²) in [4.78, 5) is 13.2. The SMILES string of the molecule is COc1cc(-c2oc3cc(OCc4ccccc4)ccc3c(=O)c2OBr)ccc1OCc1ccccc1. The lowest BCUT2D eigenvalue weighted by Gasteiger charge is -2.14. The average Bonchev–Trinajstić information content (AvgIpc) is 2.95. The summed E-state index contributed by atoms with van der Waals surface area (Å²) in [5, 5.41) is 0.375. The van der Waals surface area contributed by atoms with E-state index in [0.717, 1.165) is 11.1 Å². The van der Waals surface area contributed by atoms with Crippen LogP contribution in [0.5, 0.6) is 23.0 Å². The Labute approximate surface area is 222 Å². The molecule has 186 valence electrons. The first-order chi connectivity index (χ1) is 18.2. The van der Waals surface area contributed by atoms with Gasteiger partial charge in [0.1, 0.15) is 24.5 Å². The second kappa shape index (κ2) is 11.2. The average molecular weight is 559 g/mol. The van der Waals surface area contributed by atoms with Gasteiger partial charge in [0.15, 0.2) is 33.5 Å². The summed E-state index contributed by atoms with van der Waals surface area (Å²) >= 11 is 2.97. The zero-order valence-corrected chi connectivity index (χ0v) is 21.6. The number of methoxy groups -OCH3 is 1. The van der Waals surface area contributed by atoms with Gasteiger partial charge in [0.2, 0.25) is 11.2 Å². The molecule has 5 rings (SSSR count). The van der Waals surface area contributed by atoms with E-state index in [9.17, 15) is 4.79 Å². The molecular weight excluding hydrogens is 536 g/mol. The van der Waals surface area contributed by atoms with Crippen LogP contribution < -0.4 is 23.5 Å². The third kappa shape index (κ3) is 5.47. The van der Waals surface area contributed by atoms with Crippen molar-refractivity contribution in [3.63, 3.8) is 0 Å². The van der Waals surface area contributed by atoms with Crippen molar-refractivity contribution in [2.45, 2.75) is 13.2 Å². The molecule has 4 aromatic carbocycles. The molecule has 0 unspecified atom stereocenters. The molecule has 0 fully saturated rings. The predicted molar refractivity (Wildman–Crippen MR) is 146 cm³/mol. The van der Waals surface area contributed by atoms with Crippen molar-refractivity contribution in [2.24, 2.45) is 0 Å². The normalized spacial score (nSPS) is 10.8. The molecule has 0 radical (unpaired) electrons. The second-order valence-corrected chi connectivity index (χ2v) is 8.56. The van der Waals surface area contributed by atoms with Gasteiger partial charge in [-0.15, -0.1) is 0 Å². The van der Waals surface area contributed by atoms with Crippen molar-refractivity contribution in [3.8, 4) is 34.3 Å². The summed E-state index contributed by atoms with van der Waals surface area (Å²) in [5.74, 6) is 1.93. The highest BCUT2D eigenvalue weighted by atomic mass is 79.9. The molecule has 0 saturated carbocycles. The summed E-state index contributed by atoms with van der Waals surface area (Å²) in [6, 6.07) is 30.1. The summed E-state index contributed by atoms with van der Waals surface area (Å²) in [6.07, 6.45) is 0. The molecule has 1 aromatic heterocycles. The molecule has 0 amide bonds. The molecule has 1 heterocycles. The van der Waals surface area contributed by atoms with E-state index in [1.807, 2.05) is 60.7 Å². The van der Waals surface area contributed by atoms with Gasteiger partial charge >= 0.3 is 0 Å². The quantitative estimate of drug-likeness (QED) is 0.189. The fourth-order valence-corrected chi connectivity index (χ4v) is 4.20. The predicted octanol–water partition coefficient (Wildman–Crippen LogP) is 7.32. The van der Waals surface area contributed by atoms with Crippen molar-refractivity contribution in [1.82, 2.24) is 0 Å². The van der Waals surface area contributed by atoms with E-state index in [1.165, 1.54) is 0 Å². The lowest BCUT2D eigenvalue weighted by atomic mass is 10.1. The van der Waals surface area contributed by atoms with Crippen molar-refractivity contribution in [3.05, 3.63) is 118 Å². The highest BCUT2D eigenvalue weighted by Gasteiger charge is 2.20. The number of halogens is 1. The van der Waals surface area contributed by atoms with Crippen LogP contribution in [0.1, 0.15) is 11.1 Å². The lowest BCUT2D eigenvalue weighted by Crippen LogP contribution is -2.06. The molecule has 0 atom stereocenters. The van der Waals surface area contributed by atoms with Crippen LogP contribution >= 0.6 is 16.3 Å². The second-order valence-electron chi connectivity index (χ2n) is 8.24. The van der Waals surface area contributed by atoms with Gasteiger partial charge in [-0.2, -0.15) is 0 Å². The Balaban J connectivity index is 1.47. The molecular formula is C30H23BrO6. The first kappa shape index (κ1) is 24.5. The molecule has 7 heteroatoms.